The lowest BCUT2D eigenvalue weighted by Crippen LogP contribution is -2.38. The largest absolute Gasteiger partial charge is 0.496 e. The Balaban J connectivity index is 1.68. The quantitative estimate of drug-likeness (QED) is 0.507. The minimum Gasteiger partial charge on any atom is -0.496 e. The molecule has 1 heterocycles. The maximum atomic E-state index is 13.6. The van der Waals surface area contributed by atoms with E-state index in [0.717, 1.165) is 29.5 Å². The second-order valence-electron chi connectivity index (χ2n) is 9.21. The van der Waals surface area contributed by atoms with Crippen LogP contribution in [0.1, 0.15) is 52.9 Å². The molecule has 4 rings (SSSR count). The zero-order chi connectivity index (χ0) is 25.0. The topological polar surface area (TPSA) is 75.7 Å². The van der Waals surface area contributed by atoms with Crippen molar-refractivity contribution in [2.24, 2.45) is 5.92 Å². The first kappa shape index (κ1) is 24.9. The first-order chi connectivity index (χ1) is 16.8. The molecule has 6 nitrogen and oxygen atoms in total. The van der Waals surface area contributed by atoms with Gasteiger partial charge >= 0.3 is 0 Å². The monoisotopic (exact) mass is 492 g/mol. The van der Waals surface area contributed by atoms with Crippen LogP contribution in [-0.4, -0.2) is 39.4 Å². The van der Waals surface area contributed by atoms with Gasteiger partial charge in [0, 0.05) is 13.1 Å². The van der Waals surface area contributed by atoms with E-state index in [2.05, 4.69) is 11.6 Å². The van der Waals surface area contributed by atoms with E-state index < -0.39 is 16.1 Å². The Morgan fingerprint density at radius 1 is 0.971 bits per heavy atom. The van der Waals surface area contributed by atoms with Crippen LogP contribution in [0.4, 0.5) is 0 Å². The van der Waals surface area contributed by atoms with Crippen LogP contribution in [0.15, 0.2) is 77.7 Å². The van der Waals surface area contributed by atoms with E-state index in [-0.39, 0.29) is 16.4 Å². The van der Waals surface area contributed by atoms with Gasteiger partial charge in [0.1, 0.15) is 5.75 Å². The fourth-order valence-electron chi connectivity index (χ4n) is 4.36. The number of rotatable bonds is 7. The van der Waals surface area contributed by atoms with E-state index in [9.17, 15) is 13.2 Å². The maximum absolute atomic E-state index is 13.6. The molecule has 0 aliphatic carbocycles. The van der Waals surface area contributed by atoms with Crippen LogP contribution in [0.25, 0.3) is 0 Å². The van der Waals surface area contributed by atoms with E-state index >= 15 is 0 Å². The van der Waals surface area contributed by atoms with Gasteiger partial charge in [-0.25, -0.2) is 8.42 Å². The molecule has 1 aliphatic heterocycles. The number of likely N-dealkylation sites (tertiary alicyclic amines) is 1. The highest BCUT2D eigenvalue weighted by molar-refractivity contribution is 7.89. The third kappa shape index (κ3) is 5.74. The summed E-state index contributed by atoms with van der Waals surface area (Å²) in [5, 5.41) is 0. The van der Waals surface area contributed by atoms with Crippen molar-refractivity contribution in [2.75, 3.05) is 20.2 Å². The lowest BCUT2D eigenvalue weighted by Gasteiger charge is -2.30. The van der Waals surface area contributed by atoms with E-state index in [1.165, 1.54) is 19.2 Å². The summed E-state index contributed by atoms with van der Waals surface area (Å²) in [6, 6.07) is 21.1. The van der Waals surface area contributed by atoms with E-state index in [0.29, 0.717) is 24.8 Å². The first-order valence-electron chi connectivity index (χ1n) is 11.9. The summed E-state index contributed by atoms with van der Waals surface area (Å²) in [7, 11) is -2.48. The van der Waals surface area contributed by atoms with E-state index in [1.807, 2.05) is 61.5 Å². The third-order valence-electron chi connectivity index (χ3n) is 6.60. The second-order valence-corrected chi connectivity index (χ2v) is 10.9. The number of benzene rings is 3. The van der Waals surface area contributed by atoms with Gasteiger partial charge in [-0.1, -0.05) is 67.1 Å². The maximum Gasteiger partial charge on any atom is 0.257 e. The molecule has 1 amide bonds. The van der Waals surface area contributed by atoms with Gasteiger partial charge < -0.3 is 9.64 Å². The molecule has 1 atom stereocenters. The van der Waals surface area contributed by atoms with Crippen molar-refractivity contribution >= 4 is 15.9 Å². The van der Waals surface area contributed by atoms with Crippen LogP contribution in [0.5, 0.6) is 5.75 Å². The van der Waals surface area contributed by atoms with Gasteiger partial charge in [0.25, 0.3) is 5.91 Å². The molecule has 0 bridgehead atoms. The molecule has 184 valence electrons. The molecule has 0 saturated carbocycles. The van der Waals surface area contributed by atoms with E-state index in [4.69, 9.17) is 4.74 Å². The Morgan fingerprint density at radius 3 is 2.23 bits per heavy atom. The van der Waals surface area contributed by atoms with Crippen LogP contribution in [0.2, 0.25) is 0 Å². The van der Waals surface area contributed by atoms with Crippen LogP contribution >= 0.6 is 0 Å². The number of carbonyl (C=O) groups excluding carboxylic acids is 1. The lowest BCUT2D eigenvalue weighted by molar-refractivity contribution is 0.0693. The van der Waals surface area contributed by atoms with Gasteiger partial charge in [0.05, 0.1) is 23.6 Å². The third-order valence-corrected chi connectivity index (χ3v) is 8.02. The lowest BCUT2D eigenvalue weighted by atomic mass is 9.98. The molecule has 1 saturated heterocycles. The Hall–Kier alpha value is -3.16. The number of ether oxygens (including phenoxy) is 1. The summed E-state index contributed by atoms with van der Waals surface area (Å²) in [6.45, 7) is 5.48. The van der Waals surface area contributed by atoms with E-state index in [1.54, 1.807) is 11.0 Å². The number of aryl methyl sites for hydroxylation is 1. The van der Waals surface area contributed by atoms with Crippen molar-refractivity contribution in [1.29, 1.82) is 0 Å². The van der Waals surface area contributed by atoms with Gasteiger partial charge in [0.15, 0.2) is 0 Å². The Bertz CT molecular complexity index is 1270. The molecule has 1 aliphatic rings. The number of hydrogen-bond acceptors (Lipinski definition) is 4. The van der Waals surface area contributed by atoms with Gasteiger partial charge in [0.2, 0.25) is 10.0 Å². The standard InChI is InChI=1S/C28H32N2O4S/c1-20-9-11-23(12-10-20)27(22-7-5-4-6-8-22)29-35(32,33)24-13-14-26(34-3)25(19-24)28(31)30-17-15-21(2)16-18-30/h4-14,19,21,27,29H,15-18H2,1-3H3/t27-/m1/s1. The van der Waals surface area contributed by atoms with Crippen LogP contribution < -0.4 is 9.46 Å². The number of piperidine rings is 1. The molecule has 1 fully saturated rings. The molecular weight excluding hydrogens is 460 g/mol. The molecule has 0 radical (unpaired) electrons. The van der Waals surface area contributed by atoms with Crippen LogP contribution in [0.3, 0.4) is 0 Å². The Kier molecular flexibility index (Phi) is 7.57. The summed E-state index contributed by atoms with van der Waals surface area (Å²) in [5.41, 5.74) is 3.01. The van der Waals surface area contributed by atoms with Gasteiger partial charge in [-0.2, -0.15) is 4.72 Å². The molecule has 0 aromatic heterocycles. The SMILES string of the molecule is COc1ccc(S(=O)(=O)N[C@H](c2ccccc2)c2ccc(C)cc2)cc1C(=O)N1CCC(C)CC1. The molecule has 35 heavy (non-hydrogen) atoms. The van der Waals surface area contributed by atoms with Gasteiger partial charge in [-0.15, -0.1) is 0 Å². The van der Waals surface area contributed by atoms with Crippen molar-refractivity contribution in [2.45, 2.75) is 37.6 Å². The van der Waals surface area contributed by atoms with Gasteiger partial charge in [-0.3, -0.25) is 4.79 Å². The molecule has 3 aromatic rings. The summed E-state index contributed by atoms with van der Waals surface area (Å²) in [5.74, 6) is 0.739. The highest BCUT2D eigenvalue weighted by Crippen LogP contribution is 2.29. The van der Waals surface area contributed by atoms with Crippen LogP contribution in [0, 0.1) is 12.8 Å². The average Bonchev–Trinajstić information content (AvgIpc) is 2.88. The number of sulfonamides is 1. The molecule has 0 spiro atoms. The zero-order valence-electron chi connectivity index (χ0n) is 20.4. The summed E-state index contributed by atoms with van der Waals surface area (Å²) in [4.78, 5) is 15.1. The fourth-order valence-corrected chi connectivity index (χ4v) is 5.60. The second kappa shape index (κ2) is 10.6. The average molecular weight is 493 g/mol. The first-order valence-corrected chi connectivity index (χ1v) is 13.4. The fraction of sp³-hybridized carbons (Fsp3) is 0.321. The number of nitrogens with zero attached hydrogens (tertiary/aromatic N) is 1. The van der Waals surface area contributed by atoms with Crippen molar-refractivity contribution in [3.8, 4) is 5.75 Å². The van der Waals surface area contributed by atoms with Crippen molar-refractivity contribution in [1.82, 2.24) is 9.62 Å². The Morgan fingerprint density at radius 2 is 1.60 bits per heavy atom. The van der Waals surface area contributed by atoms with Crippen molar-refractivity contribution < 1.29 is 17.9 Å². The molecule has 3 aromatic carbocycles. The van der Waals surface area contributed by atoms with Crippen molar-refractivity contribution in [3.63, 3.8) is 0 Å². The minimum absolute atomic E-state index is 0.0278. The van der Waals surface area contributed by atoms with Gasteiger partial charge in [-0.05, 0) is 55.0 Å². The van der Waals surface area contributed by atoms with Crippen molar-refractivity contribution in [3.05, 3.63) is 95.1 Å². The number of nitrogens with one attached hydrogen (secondary N) is 1. The molecule has 1 N–H and O–H groups in total. The summed E-state index contributed by atoms with van der Waals surface area (Å²) < 4.78 is 35.4. The Labute approximate surface area is 208 Å². The number of methoxy groups -OCH3 is 1. The highest BCUT2D eigenvalue weighted by Gasteiger charge is 2.28. The highest BCUT2D eigenvalue weighted by atomic mass is 32.2. The number of amides is 1. The smallest absolute Gasteiger partial charge is 0.257 e. The number of carbonyl (C=O) groups is 1. The number of hydrogen-bond donors (Lipinski definition) is 1. The minimum atomic E-state index is -3.96. The van der Waals surface area contributed by atoms with Crippen LogP contribution in [-0.2, 0) is 10.0 Å². The summed E-state index contributed by atoms with van der Waals surface area (Å²) >= 11 is 0. The molecule has 7 heteroatoms. The molecule has 0 unspecified atom stereocenters. The summed E-state index contributed by atoms with van der Waals surface area (Å²) in [6.07, 6.45) is 1.87. The normalized spacial score (nSPS) is 15.6. The zero-order valence-corrected chi connectivity index (χ0v) is 21.2. The predicted molar refractivity (Wildman–Crippen MR) is 137 cm³/mol. The predicted octanol–water partition coefficient (Wildman–Crippen LogP) is 4.94. The molecular formula is C28H32N2O4S.